The summed E-state index contributed by atoms with van der Waals surface area (Å²) in [6, 6.07) is 6.59. The molecular weight excluding hydrogens is 242 g/mol. The molecule has 0 bridgehead atoms. The largest absolute Gasteiger partial charge is 0.494 e. The normalized spacial score (nSPS) is 12.1. The van der Waals surface area contributed by atoms with Gasteiger partial charge in [-0.3, -0.25) is 0 Å². The fourth-order valence-electron chi connectivity index (χ4n) is 2.14. The van der Waals surface area contributed by atoms with Crippen LogP contribution in [-0.2, 0) is 0 Å². The molecule has 3 N–H and O–H groups in total. The summed E-state index contributed by atoms with van der Waals surface area (Å²) in [5, 5.41) is 8.89. The maximum Gasteiger partial charge on any atom is 0.335 e. The Hall–Kier alpha value is -1.55. The fourth-order valence-corrected chi connectivity index (χ4v) is 2.14. The highest BCUT2D eigenvalue weighted by molar-refractivity contribution is 5.87. The van der Waals surface area contributed by atoms with Gasteiger partial charge in [-0.1, -0.05) is 25.8 Å². The zero-order chi connectivity index (χ0) is 14.1. The van der Waals surface area contributed by atoms with Crippen molar-refractivity contribution in [3.63, 3.8) is 0 Å². The molecule has 0 amide bonds. The van der Waals surface area contributed by atoms with E-state index >= 15 is 0 Å². The van der Waals surface area contributed by atoms with E-state index in [1.165, 1.54) is 0 Å². The molecule has 0 aliphatic carbocycles. The van der Waals surface area contributed by atoms with Crippen molar-refractivity contribution in [3.05, 3.63) is 29.8 Å². The number of hydrogen-bond donors (Lipinski definition) is 2. The summed E-state index contributed by atoms with van der Waals surface area (Å²) in [6.07, 6.45) is 4.30. The second-order valence-electron chi connectivity index (χ2n) is 4.70. The second kappa shape index (κ2) is 8.53. The van der Waals surface area contributed by atoms with Crippen molar-refractivity contribution in [2.24, 2.45) is 11.7 Å². The maximum atomic E-state index is 10.8. The Kier molecular flexibility index (Phi) is 6.97. The predicted molar refractivity (Wildman–Crippen MR) is 75.6 cm³/mol. The fraction of sp³-hybridized carbons (Fsp3) is 0.533. The monoisotopic (exact) mass is 265 g/mol. The van der Waals surface area contributed by atoms with E-state index in [9.17, 15) is 4.79 Å². The first-order valence-corrected chi connectivity index (χ1v) is 6.83. The molecule has 0 saturated heterocycles. The quantitative estimate of drug-likeness (QED) is 0.720. The first-order chi connectivity index (χ1) is 9.17. The minimum atomic E-state index is -0.933. The zero-order valence-electron chi connectivity index (χ0n) is 11.5. The lowest BCUT2D eigenvalue weighted by atomic mass is 9.97. The summed E-state index contributed by atoms with van der Waals surface area (Å²) >= 11 is 0. The van der Waals surface area contributed by atoms with Gasteiger partial charge in [0, 0.05) is 0 Å². The van der Waals surface area contributed by atoms with Crippen LogP contribution in [0.1, 0.15) is 43.0 Å². The second-order valence-corrected chi connectivity index (χ2v) is 4.70. The maximum absolute atomic E-state index is 10.8. The number of carbonyl (C=O) groups is 1. The van der Waals surface area contributed by atoms with E-state index in [4.69, 9.17) is 15.6 Å². The molecule has 1 unspecified atom stereocenters. The van der Waals surface area contributed by atoms with Gasteiger partial charge >= 0.3 is 5.97 Å². The number of carboxylic acid groups (broad SMARTS) is 1. The van der Waals surface area contributed by atoms with Gasteiger partial charge in [0.25, 0.3) is 0 Å². The van der Waals surface area contributed by atoms with Gasteiger partial charge in [0.2, 0.25) is 0 Å². The molecule has 0 heterocycles. The molecule has 4 heteroatoms. The molecule has 106 valence electrons. The summed E-state index contributed by atoms with van der Waals surface area (Å²) in [7, 11) is 0. The number of benzene rings is 1. The molecule has 0 aromatic heterocycles. The van der Waals surface area contributed by atoms with Crippen LogP contribution in [-0.4, -0.2) is 24.2 Å². The molecule has 1 aromatic carbocycles. The molecule has 4 nitrogen and oxygen atoms in total. The SMILES string of the molecule is CCCC(CCN)CCOc1cccc(C(=O)O)c1. The van der Waals surface area contributed by atoms with Gasteiger partial charge in [-0.2, -0.15) is 0 Å². The van der Waals surface area contributed by atoms with Crippen molar-refractivity contribution < 1.29 is 14.6 Å². The van der Waals surface area contributed by atoms with E-state index in [0.717, 1.165) is 25.7 Å². The Bertz CT molecular complexity index is 387. The molecule has 1 aromatic rings. The van der Waals surface area contributed by atoms with Gasteiger partial charge in [-0.15, -0.1) is 0 Å². The Labute approximate surface area is 114 Å². The van der Waals surface area contributed by atoms with Crippen LogP contribution in [0.15, 0.2) is 24.3 Å². The van der Waals surface area contributed by atoms with Crippen LogP contribution in [0.5, 0.6) is 5.75 Å². The summed E-state index contributed by atoms with van der Waals surface area (Å²) in [5.41, 5.74) is 5.84. The van der Waals surface area contributed by atoms with E-state index < -0.39 is 5.97 Å². The lowest BCUT2D eigenvalue weighted by Gasteiger charge is -2.15. The van der Waals surface area contributed by atoms with Gasteiger partial charge in [0.1, 0.15) is 5.75 Å². The van der Waals surface area contributed by atoms with E-state index in [-0.39, 0.29) is 5.56 Å². The number of aromatic carboxylic acids is 1. The van der Waals surface area contributed by atoms with E-state index in [1.807, 2.05) is 0 Å². The summed E-state index contributed by atoms with van der Waals surface area (Å²) < 4.78 is 5.62. The van der Waals surface area contributed by atoms with Crippen LogP contribution >= 0.6 is 0 Å². The molecule has 0 aliphatic heterocycles. The Morgan fingerprint density at radius 1 is 1.37 bits per heavy atom. The minimum absolute atomic E-state index is 0.254. The summed E-state index contributed by atoms with van der Waals surface area (Å²) in [4.78, 5) is 10.8. The predicted octanol–water partition coefficient (Wildman–Crippen LogP) is 2.92. The van der Waals surface area contributed by atoms with Crippen LogP contribution in [0.25, 0.3) is 0 Å². The molecule has 0 saturated carbocycles. The Morgan fingerprint density at radius 2 is 2.16 bits per heavy atom. The topological polar surface area (TPSA) is 72.5 Å². The van der Waals surface area contributed by atoms with Gasteiger partial charge in [-0.05, 0) is 43.5 Å². The van der Waals surface area contributed by atoms with E-state index in [1.54, 1.807) is 24.3 Å². The standard InChI is InChI=1S/C15H23NO3/c1-2-4-12(7-9-16)8-10-19-14-6-3-5-13(11-14)15(17)18/h3,5-6,11-12H,2,4,7-10,16H2,1H3,(H,17,18). The number of carboxylic acids is 1. The van der Waals surface area contributed by atoms with Crippen LogP contribution in [0, 0.1) is 5.92 Å². The van der Waals surface area contributed by atoms with Crippen LogP contribution in [0.4, 0.5) is 0 Å². The highest BCUT2D eigenvalue weighted by Crippen LogP contribution is 2.17. The van der Waals surface area contributed by atoms with Crippen molar-refractivity contribution in [2.75, 3.05) is 13.2 Å². The highest BCUT2D eigenvalue weighted by Gasteiger charge is 2.08. The molecule has 0 radical (unpaired) electrons. The number of rotatable bonds is 9. The van der Waals surface area contributed by atoms with Crippen LogP contribution < -0.4 is 10.5 Å². The lowest BCUT2D eigenvalue weighted by Crippen LogP contribution is -2.12. The molecule has 1 rings (SSSR count). The molecule has 0 fully saturated rings. The van der Waals surface area contributed by atoms with Gasteiger partial charge in [0.05, 0.1) is 12.2 Å². The molecule has 1 atom stereocenters. The Morgan fingerprint density at radius 3 is 2.79 bits per heavy atom. The van der Waals surface area contributed by atoms with Gasteiger partial charge in [-0.25, -0.2) is 4.79 Å². The van der Waals surface area contributed by atoms with Crippen molar-refractivity contribution in [3.8, 4) is 5.75 Å². The first kappa shape index (κ1) is 15.5. The summed E-state index contributed by atoms with van der Waals surface area (Å²) in [5.74, 6) is 0.276. The lowest BCUT2D eigenvalue weighted by molar-refractivity contribution is 0.0696. The van der Waals surface area contributed by atoms with E-state index in [2.05, 4.69) is 6.92 Å². The summed E-state index contributed by atoms with van der Waals surface area (Å²) in [6.45, 7) is 3.48. The number of hydrogen-bond acceptors (Lipinski definition) is 3. The Balaban J connectivity index is 2.43. The molecule has 0 aliphatic rings. The number of nitrogens with two attached hydrogens (primary N) is 1. The van der Waals surface area contributed by atoms with Crippen molar-refractivity contribution in [1.29, 1.82) is 0 Å². The minimum Gasteiger partial charge on any atom is -0.494 e. The third kappa shape index (κ3) is 5.75. The van der Waals surface area contributed by atoms with Gasteiger partial charge in [0.15, 0.2) is 0 Å². The highest BCUT2D eigenvalue weighted by atomic mass is 16.5. The smallest absolute Gasteiger partial charge is 0.335 e. The van der Waals surface area contributed by atoms with Crippen LogP contribution in [0.3, 0.4) is 0 Å². The molecule has 0 spiro atoms. The van der Waals surface area contributed by atoms with E-state index in [0.29, 0.717) is 24.8 Å². The number of ether oxygens (including phenoxy) is 1. The van der Waals surface area contributed by atoms with Crippen LogP contribution in [0.2, 0.25) is 0 Å². The average molecular weight is 265 g/mol. The van der Waals surface area contributed by atoms with Crippen molar-refractivity contribution in [2.45, 2.75) is 32.6 Å². The van der Waals surface area contributed by atoms with Gasteiger partial charge < -0.3 is 15.6 Å². The molecular formula is C15H23NO3. The average Bonchev–Trinajstić information content (AvgIpc) is 2.39. The zero-order valence-corrected chi connectivity index (χ0v) is 11.5. The third-order valence-corrected chi connectivity index (χ3v) is 3.15. The van der Waals surface area contributed by atoms with Crippen molar-refractivity contribution in [1.82, 2.24) is 0 Å². The third-order valence-electron chi connectivity index (χ3n) is 3.15. The van der Waals surface area contributed by atoms with Crippen molar-refractivity contribution >= 4 is 5.97 Å². The molecule has 19 heavy (non-hydrogen) atoms. The first-order valence-electron chi connectivity index (χ1n) is 6.83.